The van der Waals surface area contributed by atoms with Crippen molar-refractivity contribution < 1.29 is 4.79 Å². The van der Waals surface area contributed by atoms with Gasteiger partial charge in [-0.2, -0.15) is 0 Å². The molecule has 0 saturated carbocycles. The molecule has 0 aromatic heterocycles. The second-order valence-corrected chi connectivity index (χ2v) is 4.89. The smallest absolute Gasteiger partial charge is 0.314 e. The molecule has 16 heavy (non-hydrogen) atoms. The molecule has 5 heteroatoms. The van der Waals surface area contributed by atoms with Crippen LogP contribution in [0.3, 0.4) is 0 Å². The van der Waals surface area contributed by atoms with Crippen LogP contribution < -0.4 is 11.1 Å². The van der Waals surface area contributed by atoms with Gasteiger partial charge in [-0.3, -0.25) is 4.90 Å². The van der Waals surface area contributed by atoms with E-state index in [1.54, 1.807) is 4.90 Å². The van der Waals surface area contributed by atoms with E-state index in [0.29, 0.717) is 12.1 Å². The van der Waals surface area contributed by atoms with E-state index in [2.05, 4.69) is 17.1 Å². The number of amides is 2. The quantitative estimate of drug-likeness (QED) is 0.652. The normalized spacial score (nSPS) is 32.7. The fourth-order valence-electron chi connectivity index (χ4n) is 2.74. The number of rotatable bonds is 1. The van der Waals surface area contributed by atoms with Crippen molar-refractivity contribution in [3.05, 3.63) is 0 Å². The summed E-state index contributed by atoms with van der Waals surface area (Å²) < 4.78 is 0. The highest BCUT2D eigenvalue weighted by Crippen LogP contribution is 2.17. The van der Waals surface area contributed by atoms with Gasteiger partial charge in [0.05, 0.1) is 0 Å². The van der Waals surface area contributed by atoms with Crippen LogP contribution in [0.1, 0.15) is 19.8 Å². The summed E-state index contributed by atoms with van der Waals surface area (Å²) in [6, 6.07) is 1.03. The molecule has 2 rings (SSSR count). The van der Waals surface area contributed by atoms with Gasteiger partial charge in [0.15, 0.2) is 0 Å². The van der Waals surface area contributed by atoms with E-state index >= 15 is 0 Å². The van der Waals surface area contributed by atoms with E-state index in [1.807, 2.05) is 0 Å². The van der Waals surface area contributed by atoms with Crippen molar-refractivity contribution in [3.8, 4) is 0 Å². The lowest BCUT2D eigenvalue weighted by molar-refractivity contribution is 0.0889. The zero-order valence-corrected chi connectivity index (χ0v) is 9.98. The molecule has 0 aliphatic carbocycles. The number of piperazine rings is 1. The Morgan fingerprint density at radius 3 is 2.56 bits per heavy atom. The molecule has 5 nitrogen and oxygen atoms in total. The van der Waals surface area contributed by atoms with Crippen LogP contribution in [0.15, 0.2) is 0 Å². The molecule has 0 spiro atoms. The number of carbonyl (C=O) groups excluding carboxylic acids is 1. The highest BCUT2D eigenvalue weighted by atomic mass is 16.2. The van der Waals surface area contributed by atoms with Crippen LogP contribution in [-0.2, 0) is 0 Å². The molecule has 2 aliphatic heterocycles. The number of carbonyl (C=O) groups is 1. The molecule has 92 valence electrons. The molecule has 2 heterocycles. The van der Waals surface area contributed by atoms with Crippen molar-refractivity contribution in [2.75, 3.05) is 32.7 Å². The fourth-order valence-corrected chi connectivity index (χ4v) is 2.74. The average Bonchev–Trinajstić information content (AvgIpc) is 2.29. The third-order valence-electron chi connectivity index (χ3n) is 3.74. The Morgan fingerprint density at radius 1 is 1.31 bits per heavy atom. The lowest BCUT2D eigenvalue weighted by Gasteiger charge is -2.41. The van der Waals surface area contributed by atoms with Crippen molar-refractivity contribution in [2.45, 2.75) is 31.8 Å². The second-order valence-electron chi connectivity index (χ2n) is 4.89. The van der Waals surface area contributed by atoms with Crippen LogP contribution in [0.25, 0.3) is 0 Å². The highest BCUT2D eigenvalue weighted by Gasteiger charge is 2.27. The first kappa shape index (κ1) is 11.7. The number of hydrogen-bond donors (Lipinski definition) is 2. The van der Waals surface area contributed by atoms with Crippen molar-refractivity contribution in [1.29, 1.82) is 0 Å². The SMILES string of the molecule is CC1CC(N2CCN(C(N)=O)CC2)CCN1. The molecule has 0 aromatic carbocycles. The largest absolute Gasteiger partial charge is 0.351 e. The summed E-state index contributed by atoms with van der Waals surface area (Å²) in [5, 5.41) is 3.47. The summed E-state index contributed by atoms with van der Waals surface area (Å²) >= 11 is 0. The Morgan fingerprint density at radius 2 is 2.00 bits per heavy atom. The maximum absolute atomic E-state index is 11.0. The molecular weight excluding hydrogens is 204 g/mol. The molecule has 2 aliphatic rings. The number of hydrogen-bond acceptors (Lipinski definition) is 3. The van der Waals surface area contributed by atoms with Crippen molar-refractivity contribution in [3.63, 3.8) is 0 Å². The van der Waals surface area contributed by atoms with Gasteiger partial charge >= 0.3 is 6.03 Å². The van der Waals surface area contributed by atoms with Gasteiger partial charge in [-0.15, -0.1) is 0 Å². The van der Waals surface area contributed by atoms with Crippen molar-refractivity contribution >= 4 is 6.03 Å². The number of primary amides is 1. The van der Waals surface area contributed by atoms with Crippen LogP contribution in [0.5, 0.6) is 0 Å². The van der Waals surface area contributed by atoms with E-state index in [1.165, 1.54) is 12.8 Å². The number of nitrogens with one attached hydrogen (secondary N) is 1. The summed E-state index contributed by atoms with van der Waals surface area (Å²) in [6.07, 6.45) is 2.44. The van der Waals surface area contributed by atoms with Gasteiger partial charge in [0.1, 0.15) is 0 Å². The lowest BCUT2D eigenvalue weighted by atomic mass is 9.98. The molecule has 0 bridgehead atoms. The summed E-state index contributed by atoms with van der Waals surface area (Å²) in [5.74, 6) is 0. The Kier molecular flexibility index (Phi) is 3.66. The predicted octanol–water partition coefficient (Wildman–Crippen LogP) is -0.177. The van der Waals surface area contributed by atoms with E-state index in [4.69, 9.17) is 5.73 Å². The van der Waals surface area contributed by atoms with Crippen LogP contribution in [0.4, 0.5) is 4.79 Å². The van der Waals surface area contributed by atoms with Gasteiger partial charge in [-0.05, 0) is 26.3 Å². The summed E-state index contributed by atoms with van der Waals surface area (Å²) in [6.45, 7) is 6.87. The first-order valence-electron chi connectivity index (χ1n) is 6.18. The lowest BCUT2D eigenvalue weighted by Crippen LogP contribution is -2.55. The van der Waals surface area contributed by atoms with Gasteiger partial charge < -0.3 is 16.0 Å². The van der Waals surface area contributed by atoms with Crippen LogP contribution in [-0.4, -0.2) is 60.6 Å². The van der Waals surface area contributed by atoms with Crippen LogP contribution in [0.2, 0.25) is 0 Å². The molecule has 0 radical (unpaired) electrons. The minimum Gasteiger partial charge on any atom is -0.351 e. The summed E-state index contributed by atoms with van der Waals surface area (Å²) in [5.41, 5.74) is 5.27. The maximum atomic E-state index is 11.0. The summed E-state index contributed by atoms with van der Waals surface area (Å²) in [4.78, 5) is 15.3. The zero-order chi connectivity index (χ0) is 11.5. The molecule has 2 fully saturated rings. The van der Waals surface area contributed by atoms with Gasteiger partial charge in [-0.1, -0.05) is 0 Å². The van der Waals surface area contributed by atoms with Gasteiger partial charge in [0, 0.05) is 38.3 Å². The number of urea groups is 1. The Balaban J connectivity index is 1.81. The molecule has 2 unspecified atom stereocenters. The standard InChI is InChI=1S/C11H22N4O/c1-9-8-10(2-3-13-9)14-4-6-15(7-5-14)11(12)16/h9-10,13H,2-8H2,1H3,(H2,12,16). The van der Waals surface area contributed by atoms with Crippen molar-refractivity contribution in [1.82, 2.24) is 15.1 Å². The Bertz CT molecular complexity index is 250. The van der Waals surface area contributed by atoms with E-state index < -0.39 is 0 Å². The Labute approximate surface area is 96.9 Å². The first-order chi connectivity index (χ1) is 7.66. The summed E-state index contributed by atoms with van der Waals surface area (Å²) in [7, 11) is 0. The predicted molar refractivity (Wildman–Crippen MR) is 63.2 cm³/mol. The van der Waals surface area contributed by atoms with Gasteiger partial charge in [0.2, 0.25) is 0 Å². The molecular formula is C11H22N4O. The first-order valence-corrected chi connectivity index (χ1v) is 6.18. The number of nitrogens with two attached hydrogens (primary N) is 1. The minimum absolute atomic E-state index is 0.279. The van der Waals surface area contributed by atoms with Crippen molar-refractivity contribution in [2.24, 2.45) is 5.73 Å². The van der Waals surface area contributed by atoms with E-state index in [-0.39, 0.29) is 6.03 Å². The second kappa shape index (κ2) is 5.01. The molecule has 3 N–H and O–H groups in total. The fraction of sp³-hybridized carbons (Fsp3) is 0.909. The Hall–Kier alpha value is -0.810. The maximum Gasteiger partial charge on any atom is 0.314 e. The topological polar surface area (TPSA) is 61.6 Å². The molecule has 2 amide bonds. The average molecular weight is 226 g/mol. The van der Waals surface area contributed by atoms with Crippen LogP contribution in [0, 0.1) is 0 Å². The molecule has 0 aromatic rings. The zero-order valence-electron chi connectivity index (χ0n) is 9.98. The van der Waals surface area contributed by atoms with E-state index in [9.17, 15) is 4.79 Å². The number of piperidine rings is 1. The molecule has 2 atom stereocenters. The van der Waals surface area contributed by atoms with Gasteiger partial charge in [0.25, 0.3) is 0 Å². The van der Waals surface area contributed by atoms with Crippen LogP contribution >= 0.6 is 0 Å². The number of nitrogens with zero attached hydrogens (tertiary/aromatic N) is 2. The third-order valence-corrected chi connectivity index (χ3v) is 3.74. The minimum atomic E-state index is -0.279. The highest BCUT2D eigenvalue weighted by molar-refractivity contribution is 5.72. The third kappa shape index (κ3) is 2.65. The van der Waals surface area contributed by atoms with Gasteiger partial charge in [-0.25, -0.2) is 4.79 Å². The van der Waals surface area contributed by atoms with E-state index in [0.717, 1.165) is 32.7 Å². The molecule has 2 saturated heterocycles. The monoisotopic (exact) mass is 226 g/mol.